The molecule has 0 radical (unpaired) electrons. The first-order chi connectivity index (χ1) is 17.8. The number of pyridine rings is 1. The van der Waals surface area contributed by atoms with Crippen LogP contribution in [0.4, 0.5) is 13.2 Å². The smallest absolute Gasteiger partial charge is 0.198 e. The van der Waals surface area contributed by atoms with Gasteiger partial charge in [0, 0.05) is 41.4 Å². The Bertz CT molecular complexity index is 1480. The third kappa shape index (κ3) is 4.84. The molecule has 0 aliphatic carbocycles. The van der Waals surface area contributed by atoms with Gasteiger partial charge in [0.05, 0.1) is 32.3 Å². The van der Waals surface area contributed by atoms with Gasteiger partial charge in [-0.05, 0) is 35.9 Å². The summed E-state index contributed by atoms with van der Waals surface area (Å²) in [5, 5.41) is 9.79. The van der Waals surface area contributed by atoms with E-state index in [0.717, 1.165) is 12.1 Å². The highest BCUT2D eigenvalue weighted by Crippen LogP contribution is 2.39. The molecule has 0 bridgehead atoms. The van der Waals surface area contributed by atoms with Crippen molar-refractivity contribution in [2.45, 2.75) is 13.3 Å². The number of H-pyrrole nitrogens is 1. The lowest BCUT2D eigenvalue weighted by Crippen LogP contribution is -2.36. The number of aromatic amines is 1. The molecule has 0 amide bonds. The number of methoxy groups -OCH3 is 1. The molecular formula is C27H24F3N3O4. The number of nitrogens with one attached hydrogen (secondary N) is 1. The summed E-state index contributed by atoms with van der Waals surface area (Å²) in [6.07, 6.45) is 3.07. The summed E-state index contributed by atoms with van der Waals surface area (Å²) in [7, 11) is 1.44. The zero-order valence-corrected chi connectivity index (χ0v) is 20.1. The molecule has 0 spiro atoms. The molecular weight excluding hydrogens is 487 g/mol. The van der Waals surface area contributed by atoms with Gasteiger partial charge in [0.15, 0.2) is 23.3 Å². The van der Waals surface area contributed by atoms with Gasteiger partial charge >= 0.3 is 0 Å². The number of nitrogens with zero attached hydrogens (tertiary/aromatic N) is 2. The molecule has 2 N–H and O–H groups in total. The van der Waals surface area contributed by atoms with Crippen LogP contribution in [0.5, 0.6) is 17.2 Å². The van der Waals surface area contributed by atoms with E-state index in [-0.39, 0.29) is 30.9 Å². The normalized spacial score (nSPS) is 17.4. The summed E-state index contributed by atoms with van der Waals surface area (Å²) in [6.45, 7) is 2.39. The van der Waals surface area contributed by atoms with Crippen molar-refractivity contribution in [2.75, 3.05) is 26.9 Å². The van der Waals surface area contributed by atoms with Gasteiger partial charge in [0.2, 0.25) is 0 Å². The number of hydrogen-bond acceptors (Lipinski definition) is 6. The molecule has 7 nitrogen and oxygen atoms in total. The number of aliphatic hydroxyl groups excluding tert-OH is 1. The standard InChI is InChI=1S/C27H24F3N3O4/c1-27(13-34)12-33-23(36-14-27)9-15-7-20(29)25(21(30)8-15)37-22-5-6-31-26-24(22)18(11-32-26)17-4-3-16(35-2)10-19(17)28/h3-8,10-11,34H,9,12-14H2,1-2H3,(H,31,32). The minimum atomic E-state index is -0.913. The molecule has 5 rings (SSSR count). The van der Waals surface area contributed by atoms with Crippen LogP contribution in [-0.4, -0.2) is 47.8 Å². The molecule has 2 aromatic heterocycles. The molecule has 2 aromatic carbocycles. The van der Waals surface area contributed by atoms with E-state index in [9.17, 15) is 9.50 Å². The SMILES string of the molecule is COc1ccc(-c2c[nH]c3nccc(Oc4c(F)cc(CC5=NCC(C)(CO)CO5)cc4F)c23)c(F)c1. The van der Waals surface area contributed by atoms with E-state index >= 15 is 8.78 Å². The molecule has 3 heterocycles. The second-order valence-electron chi connectivity index (χ2n) is 9.22. The monoisotopic (exact) mass is 511 g/mol. The van der Waals surface area contributed by atoms with Crippen LogP contribution < -0.4 is 9.47 Å². The molecule has 4 aromatic rings. The van der Waals surface area contributed by atoms with E-state index in [4.69, 9.17) is 14.2 Å². The third-order valence-electron chi connectivity index (χ3n) is 6.23. The van der Waals surface area contributed by atoms with Crippen molar-refractivity contribution in [2.24, 2.45) is 10.4 Å². The number of aromatic nitrogens is 2. The van der Waals surface area contributed by atoms with Gasteiger partial charge in [-0.15, -0.1) is 0 Å². The van der Waals surface area contributed by atoms with E-state index in [1.54, 1.807) is 18.3 Å². The Hall–Kier alpha value is -4.05. The maximum absolute atomic E-state index is 15.0. The average molecular weight is 512 g/mol. The summed E-state index contributed by atoms with van der Waals surface area (Å²) in [4.78, 5) is 11.5. The number of aliphatic imine (C=N–C) groups is 1. The van der Waals surface area contributed by atoms with Crippen LogP contribution in [-0.2, 0) is 11.2 Å². The Morgan fingerprint density at radius 1 is 1.08 bits per heavy atom. The van der Waals surface area contributed by atoms with Crippen molar-refractivity contribution in [3.05, 3.63) is 71.8 Å². The largest absolute Gasteiger partial charge is 0.497 e. The fourth-order valence-corrected chi connectivity index (χ4v) is 4.09. The quantitative estimate of drug-likeness (QED) is 0.346. The lowest BCUT2D eigenvalue weighted by atomic mass is 9.92. The molecule has 0 saturated heterocycles. The predicted octanol–water partition coefficient (Wildman–Crippen LogP) is 5.42. The van der Waals surface area contributed by atoms with Gasteiger partial charge in [-0.2, -0.15) is 0 Å². The summed E-state index contributed by atoms with van der Waals surface area (Å²) < 4.78 is 61.2. The molecule has 1 atom stereocenters. The Balaban J connectivity index is 1.45. The van der Waals surface area contributed by atoms with E-state index in [1.807, 2.05) is 6.92 Å². The fraction of sp³-hybridized carbons (Fsp3) is 0.259. The van der Waals surface area contributed by atoms with Gasteiger partial charge in [0.25, 0.3) is 0 Å². The number of fused-ring (bicyclic) bond motifs is 1. The summed E-state index contributed by atoms with van der Waals surface area (Å²) in [5.41, 5.74) is 0.864. The summed E-state index contributed by atoms with van der Waals surface area (Å²) >= 11 is 0. The zero-order chi connectivity index (χ0) is 26.2. The molecule has 1 aliphatic rings. The molecule has 1 aliphatic heterocycles. The van der Waals surface area contributed by atoms with Gasteiger partial charge in [0.1, 0.15) is 23.0 Å². The van der Waals surface area contributed by atoms with Crippen molar-refractivity contribution in [3.63, 3.8) is 0 Å². The Kier molecular flexibility index (Phi) is 6.51. The van der Waals surface area contributed by atoms with Crippen LogP contribution in [0.25, 0.3) is 22.2 Å². The first kappa shape index (κ1) is 24.6. The first-order valence-electron chi connectivity index (χ1n) is 11.5. The molecule has 192 valence electrons. The van der Waals surface area contributed by atoms with E-state index < -0.39 is 28.6 Å². The number of halogens is 3. The average Bonchev–Trinajstić information content (AvgIpc) is 3.32. The Labute approximate surface area is 210 Å². The topological polar surface area (TPSA) is 89.0 Å². The van der Waals surface area contributed by atoms with Gasteiger partial charge in [-0.25, -0.2) is 18.2 Å². The van der Waals surface area contributed by atoms with E-state index in [0.29, 0.717) is 40.4 Å². The minimum Gasteiger partial charge on any atom is -0.497 e. The highest BCUT2D eigenvalue weighted by atomic mass is 19.1. The molecule has 0 saturated carbocycles. The van der Waals surface area contributed by atoms with Gasteiger partial charge in [-0.1, -0.05) is 6.92 Å². The zero-order valence-electron chi connectivity index (χ0n) is 20.1. The molecule has 1 unspecified atom stereocenters. The number of rotatable bonds is 7. The first-order valence-corrected chi connectivity index (χ1v) is 11.5. The molecule has 0 fully saturated rings. The number of benzene rings is 2. The number of aliphatic hydroxyl groups is 1. The number of ether oxygens (including phenoxy) is 3. The van der Waals surface area contributed by atoms with Crippen LogP contribution >= 0.6 is 0 Å². The Morgan fingerprint density at radius 3 is 2.51 bits per heavy atom. The summed E-state index contributed by atoms with van der Waals surface area (Å²) in [5.74, 6) is -2.17. The minimum absolute atomic E-state index is 0.0741. The fourth-order valence-electron chi connectivity index (χ4n) is 4.09. The maximum Gasteiger partial charge on any atom is 0.198 e. The second-order valence-corrected chi connectivity index (χ2v) is 9.22. The highest BCUT2D eigenvalue weighted by molar-refractivity contribution is 5.98. The van der Waals surface area contributed by atoms with Crippen molar-refractivity contribution in [3.8, 4) is 28.4 Å². The van der Waals surface area contributed by atoms with Crippen LogP contribution in [0.15, 0.2) is 53.8 Å². The summed E-state index contributed by atoms with van der Waals surface area (Å²) in [6, 6.07) is 8.16. The Morgan fingerprint density at radius 2 is 1.86 bits per heavy atom. The highest BCUT2D eigenvalue weighted by Gasteiger charge is 2.29. The number of hydrogen-bond donors (Lipinski definition) is 2. The van der Waals surface area contributed by atoms with Gasteiger partial charge < -0.3 is 24.3 Å². The van der Waals surface area contributed by atoms with E-state index in [1.165, 1.54) is 25.4 Å². The third-order valence-corrected chi connectivity index (χ3v) is 6.23. The van der Waals surface area contributed by atoms with Gasteiger partial charge in [-0.3, -0.25) is 4.99 Å². The lowest BCUT2D eigenvalue weighted by molar-refractivity contribution is 0.0691. The van der Waals surface area contributed by atoms with Crippen molar-refractivity contribution < 1.29 is 32.5 Å². The molecule has 10 heteroatoms. The van der Waals surface area contributed by atoms with E-state index in [2.05, 4.69) is 15.0 Å². The van der Waals surface area contributed by atoms with Crippen LogP contribution in [0.2, 0.25) is 0 Å². The molecule has 37 heavy (non-hydrogen) atoms. The van der Waals surface area contributed by atoms with Crippen LogP contribution in [0, 0.1) is 22.9 Å². The second kappa shape index (κ2) is 9.78. The lowest BCUT2D eigenvalue weighted by Gasteiger charge is -2.30. The van der Waals surface area contributed by atoms with Crippen molar-refractivity contribution in [1.82, 2.24) is 9.97 Å². The van der Waals surface area contributed by atoms with Crippen molar-refractivity contribution in [1.29, 1.82) is 0 Å². The van der Waals surface area contributed by atoms with Crippen LogP contribution in [0.3, 0.4) is 0 Å². The predicted molar refractivity (Wildman–Crippen MR) is 132 cm³/mol. The van der Waals surface area contributed by atoms with Crippen LogP contribution in [0.1, 0.15) is 12.5 Å². The maximum atomic E-state index is 15.0. The van der Waals surface area contributed by atoms with Crippen molar-refractivity contribution >= 4 is 16.9 Å².